The first kappa shape index (κ1) is 19.0. The van der Waals surface area contributed by atoms with E-state index in [2.05, 4.69) is 130 Å². The Morgan fingerprint density at radius 2 is 1.00 bits per heavy atom. The second kappa shape index (κ2) is 7.08. The zero-order valence-electron chi connectivity index (χ0n) is 18.8. The standard InChI is InChI=1S/C32H20N2S/c1-2-11-21(12-3-1)33-26-17-7-4-14-24(26)31-30(33)25-15-5-8-18-27(25)34(31)28-19-10-16-23-22-13-6-9-20-29(22)35-32(23)28/h1-20H. The van der Waals surface area contributed by atoms with E-state index in [1.807, 2.05) is 11.3 Å². The van der Waals surface area contributed by atoms with E-state index >= 15 is 0 Å². The van der Waals surface area contributed by atoms with Gasteiger partial charge < -0.3 is 9.13 Å². The third-order valence-electron chi connectivity index (χ3n) is 7.11. The van der Waals surface area contributed by atoms with Crippen LogP contribution in [0.5, 0.6) is 0 Å². The molecule has 35 heavy (non-hydrogen) atoms. The highest BCUT2D eigenvalue weighted by Crippen LogP contribution is 2.44. The van der Waals surface area contributed by atoms with Gasteiger partial charge in [-0.3, -0.25) is 0 Å². The van der Waals surface area contributed by atoms with Gasteiger partial charge >= 0.3 is 0 Å². The Morgan fingerprint density at radius 3 is 1.77 bits per heavy atom. The van der Waals surface area contributed by atoms with Gasteiger partial charge in [0.05, 0.1) is 32.5 Å². The number of benzene rings is 5. The Kier molecular flexibility index (Phi) is 3.85. The van der Waals surface area contributed by atoms with E-state index in [9.17, 15) is 0 Å². The molecule has 0 bridgehead atoms. The molecule has 8 rings (SSSR count). The van der Waals surface area contributed by atoms with Gasteiger partial charge in [0.1, 0.15) is 0 Å². The zero-order chi connectivity index (χ0) is 22.9. The van der Waals surface area contributed by atoms with Crippen molar-refractivity contribution in [3.05, 3.63) is 121 Å². The number of nitrogens with zero attached hydrogens (tertiary/aromatic N) is 2. The van der Waals surface area contributed by atoms with Gasteiger partial charge in [0.2, 0.25) is 0 Å². The number of fused-ring (bicyclic) bond motifs is 8. The van der Waals surface area contributed by atoms with E-state index in [0.29, 0.717) is 0 Å². The van der Waals surface area contributed by atoms with Crippen LogP contribution in [0, 0.1) is 0 Å². The van der Waals surface area contributed by atoms with Gasteiger partial charge in [0.25, 0.3) is 0 Å². The molecule has 0 spiro atoms. The molecule has 164 valence electrons. The molecule has 0 atom stereocenters. The lowest BCUT2D eigenvalue weighted by molar-refractivity contribution is 1.18. The molecule has 0 fully saturated rings. The van der Waals surface area contributed by atoms with Gasteiger partial charge in [-0.15, -0.1) is 11.3 Å². The maximum Gasteiger partial charge on any atom is 0.0804 e. The summed E-state index contributed by atoms with van der Waals surface area (Å²) >= 11 is 1.88. The minimum Gasteiger partial charge on any atom is -0.307 e. The summed E-state index contributed by atoms with van der Waals surface area (Å²) in [4.78, 5) is 0. The molecule has 0 aliphatic rings. The predicted molar refractivity (Wildman–Crippen MR) is 151 cm³/mol. The van der Waals surface area contributed by atoms with Crippen molar-refractivity contribution < 1.29 is 0 Å². The Morgan fingerprint density at radius 1 is 0.429 bits per heavy atom. The molecule has 0 amide bonds. The van der Waals surface area contributed by atoms with Gasteiger partial charge in [0.15, 0.2) is 0 Å². The summed E-state index contributed by atoms with van der Waals surface area (Å²) in [5.74, 6) is 0. The Balaban J connectivity index is 1.62. The van der Waals surface area contributed by atoms with E-state index < -0.39 is 0 Å². The fourth-order valence-electron chi connectivity index (χ4n) is 5.69. The Bertz CT molecular complexity index is 2050. The molecule has 3 heteroatoms. The molecule has 0 aliphatic heterocycles. The number of aromatic nitrogens is 2. The average Bonchev–Trinajstić information content (AvgIpc) is 3.57. The molecular formula is C32H20N2S. The highest BCUT2D eigenvalue weighted by Gasteiger charge is 2.22. The van der Waals surface area contributed by atoms with Crippen LogP contribution in [0.2, 0.25) is 0 Å². The fourth-order valence-corrected chi connectivity index (χ4v) is 6.90. The van der Waals surface area contributed by atoms with Crippen LogP contribution in [0.1, 0.15) is 0 Å². The van der Waals surface area contributed by atoms with Crippen LogP contribution in [0.25, 0.3) is 64.4 Å². The monoisotopic (exact) mass is 464 g/mol. The van der Waals surface area contributed by atoms with E-state index in [0.717, 1.165) is 0 Å². The molecule has 5 aromatic carbocycles. The first-order valence-electron chi connectivity index (χ1n) is 11.9. The lowest BCUT2D eigenvalue weighted by Gasteiger charge is -2.09. The van der Waals surface area contributed by atoms with Crippen LogP contribution in [0.15, 0.2) is 121 Å². The van der Waals surface area contributed by atoms with Crippen molar-refractivity contribution >= 4 is 64.3 Å². The van der Waals surface area contributed by atoms with E-state index in [1.165, 1.54) is 64.4 Å². The SMILES string of the molecule is c1ccc(-n2c3ccccc3c3c2c2ccccc2n3-c2cccc3c2sc2ccccc23)cc1. The molecule has 0 saturated carbocycles. The lowest BCUT2D eigenvalue weighted by Crippen LogP contribution is -1.93. The Hall–Kier alpha value is -4.34. The third kappa shape index (κ3) is 2.53. The number of rotatable bonds is 2. The summed E-state index contributed by atoms with van der Waals surface area (Å²) in [5.41, 5.74) is 7.40. The summed E-state index contributed by atoms with van der Waals surface area (Å²) < 4.78 is 7.57. The average molecular weight is 465 g/mol. The number of hydrogen-bond acceptors (Lipinski definition) is 1. The quantitative estimate of drug-likeness (QED) is 0.241. The lowest BCUT2D eigenvalue weighted by atomic mass is 10.1. The van der Waals surface area contributed by atoms with Gasteiger partial charge in [-0.25, -0.2) is 0 Å². The highest BCUT2D eigenvalue weighted by molar-refractivity contribution is 7.26. The van der Waals surface area contributed by atoms with Crippen molar-refractivity contribution in [2.24, 2.45) is 0 Å². The number of thiophene rings is 1. The van der Waals surface area contributed by atoms with Crippen molar-refractivity contribution in [2.75, 3.05) is 0 Å². The van der Waals surface area contributed by atoms with Crippen molar-refractivity contribution in [1.29, 1.82) is 0 Å². The van der Waals surface area contributed by atoms with Gasteiger partial charge in [-0.2, -0.15) is 0 Å². The summed E-state index contributed by atoms with van der Waals surface area (Å²) in [6.45, 7) is 0. The Labute approximate surface area is 205 Å². The minimum absolute atomic E-state index is 1.18. The van der Waals surface area contributed by atoms with Crippen LogP contribution in [0.4, 0.5) is 0 Å². The summed E-state index contributed by atoms with van der Waals surface area (Å²) in [7, 11) is 0. The normalized spacial score (nSPS) is 12.0. The molecule has 0 unspecified atom stereocenters. The molecule has 0 N–H and O–H groups in total. The van der Waals surface area contributed by atoms with E-state index in [-0.39, 0.29) is 0 Å². The molecule has 8 aromatic rings. The fraction of sp³-hybridized carbons (Fsp3) is 0. The van der Waals surface area contributed by atoms with Crippen LogP contribution in [-0.4, -0.2) is 9.13 Å². The third-order valence-corrected chi connectivity index (χ3v) is 8.32. The second-order valence-corrected chi connectivity index (χ2v) is 10.0. The number of para-hydroxylation sites is 3. The second-order valence-electron chi connectivity index (χ2n) is 8.99. The minimum atomic E-state index is 1.18. The number of hydrogen-bond donors (Lipinski definition) is 0. The molecule has 0 radical (unpaired) electrons. The van der Waals surface area contributed by atoms with Gasteiger partial charge in [-0.05, 0) is 36.4 Å². The van der Waals surface area contributed by atoms with E-state index in [4.69, 9.17) is 0 Å². The van der Waals surface area contributed by atoms with Gasteiger partial charge in [0, 0.05) is 31.9 Å². The van der Waals surface area contributed by atoms with Crippen molar-refractivity contribution in [3.8, 4) is 11.4 Å². The first-order chi connectivity index (χ1) is 17.4. The van der Waals surface area contributed by atoms with Crippen LogP contribution in [0.3, 0.4) is 0 Å². The van der Waals surface area contributed by atoms with Crippen LogP contribution in [-0.2, 0) is 0 Å². The molecule has 3 heterocycles. The first-order valence-corrected chi connectivity index (χ1v) is 12.7. The maximum absolute atomic E-state index is 2.49. The molecule has 2 nitrogen and oxygen atoms in total. The molecule has 0 saturated heterocycles. The molecule has 0 aliphatic carbocycles. The molecular weight excluding hydrogens is 444 g/mol. The van der Waals surface area contributed by atoms with Crippen LogP contribution >= 0.6 is 11.3 Å². The van der Waals surface area contributed by atoms with Crippen molar-refractivity contribution in [1.82, 2.24) is 9.13 Å². The predicted octanol–water partition coefficient (Wildman–Crippen LogP) is 9.10. The molecule has 3 aromatic heterocycles. The summed E-state index contributed by atoms with van der Waals surface area (Å²) in [6, 6.07) is 43.8. The van der Waals surface area contributed by atoms with Crippen molar-refractivity contribution in [3.63, 3.8) is 0 Å². The van der Waals surface area contributed by atoms with E-state index in [1.54, 1.807) is 0 Å². The van der Waals surface area contributed by atoms with Gasteiger partial charge in [-0.1, -0.05) is 84.9 Å². The summed E-state index contributed by atoms with van der Waals surface area (Å²) in [6.07, 6.45) is 0. The zero-order valence-corrected chi connectivity index (χ0v) is 19.7. The largest absolute Gasteiger partial charge is 0.307 e. The topological polar surface area (TPSA) is 9.86 Å². The highest BCUT2D eigenvalue weighted by atomic mass is 32.1. The van der Waals surface area contributed by atoms with Crippen LogP contribution < -0.4 is 0 Å². The summed E-state index contributed by atoms with van der Waals surface area (Å²) in [5, 5.41) is 5.18. The smallest absolute Gasteiger partial charge is 0.0804 e. The van der Waals surface area contributed by atoms with Crippen molar-refractivity contribution in [2.45, 2.75) is 0 Å². The maximum atomic E-state index is 2.49.